The highest BCUT2D eigenvalue weighted by molar-refractivity contribution is 5.87. The Morgan fingerprint density at radius 3 is 2.41 bits per heavy atom. The number of hydrogen-bond donors (Lipinski definition) is 2. The first kappa shape index (κ1) is 15.6. The van der Waals surface area contributed by atoms with Crippen molar-refractivity contribution >= 4 is 11.9 Å². The molecule has 0 bridgehead atoms. The van der Waals surface area contributed by atoms with Crippen LogP contribution in [0, 0.1) is 0 Å². The Morgan fingerprint density at radius 1 is 1.09 bits per heavy atom. The maximum atomic E-state index is 12.0. The number of para-hydroxylation sites is 1. The van der Waals surface area contributed by atoms with Crippen LogP contribution in [0.15, 0.2) is 48.5 Å². The first-order valence-corrected chi connectivity index (χ1v) is 6.81. The molecule has 2 aromatic carbocycles. The molecule has 2 aromatic rings. The minimum absolute atomic E-state index is 0.119. The minimum Gasteiger partial charge on any atom is -0.496 e. The van der Waals surface area contributed by atoms with Gasteiger partial charge in [0.1, 0.15) is 5.75 Å². The zero-order valence-electron chi connectivity index (χ0n) is 12.2. The number of rotatable bonds is 6. The highest BCUT2D eigenvalue weighted by Gasteiger charge is 2.08. The van der Waals surface area contributed by atoms with Crippen molar-refractivity contribution in [3.8, 4) is 5.75 Å². The van der Waals surface area contributed by atoms with Gasteiger partial charge >= 0.3 is 5.97 Å². The van der Waals surface area contributed by atoms with Crippen molar-refractivity contribution in [2.24, 2.45) is 0 Å². The van der Waals surface area contributed by atoms with E-state index in [9.17, 15) is 9.59 Å². The third kappa shape index (κ3) is 4.09. The molecule has 0 aliphatic rings. The molecule has 0 heterocycles. The summed E-state index contributed by atoms with van der Waals surface area (Å²) in [5, 5.41) is 11.6. The molecule has 0 spiro atoms. The molecule has 5 nitrogen and oxygen atoms in total. The third-order valence-corrected chi connectivity index (χ3v) is 3.23. The molecule has 0 aliphatic carbocycles. The number of amides is 1. The second kappa shape index (κ2) is 7.26. The molecular weight excluding hydrogens is 282 g/mol. The van der Waals surface area contributed by atoms with E-state index in [1.54, 1.807) is 19.2 Å². The van der Waals surface area contributed by atoms with Gasteiger partial charge in [0.05, 0.1) is 19.1 Å². The summed E-state index contributed by atoms with van der Waals surface area (Å²) in [7, 11) is 1.57. The lowest BCUT2D eigenvalue weighted by molar-refractivity contribution is -0.120. The van der Waals surface area contributed by atoms with Crippen molar-refractivity contribution in [2.75, 3.05) is 7.11 Å². The smallest absolute Gasteiger partial charge is 0.335 e. The van der Waals surface area contributed by atoms with Gasteiger partial charge in [-0.3, -0.25) is 4.79 Å². The van der Waals surface area contributed by atoms with E-state index in [-0.39, 0.29) is 17.9 Å². The summed E-state index contributed by atoms with van der Waals surface area (Å²) in [5.74, 6) is -0.401. The number of hydrogen-bond acceptors (Lipinski definition) is 3. The van der Waals surface area contributed by atoms with Gasteiger partial charge in [0, 0.05) is 12.1 Å². The number of methoxy groups -OCH3 is 1. The number of carbonyl (C=O) groups is 2. The summed E-state index contributed by atoms with van der Waals surface area (Å²) >= 11 is 0. The fourth-order valence-corrected chi connectivity index (χ4v) is 2.05. The van der Waals surface area contributed by atoms with E-state index < -0.39 is 5.97 Å². The third-order valence-electron chi connectivity index (χ3n) is 3.23. The lowest BCUT2D eigenvalue weighted by Gasteiger charge is -2.09. The van der Waals surface area contributed by atoms with Crippen LogP contribution in [0.5, 0.6) is 5.75 Å². The lowest BCUT2D eigenvalue weighted by atomic mass is 10.1. The van der Waals surface area contributed by atoms with Gasteiger partial charge in [-0.1, -0.05) is 30.3 Å². The molecule has 0 aliphatic heterocycles. The number of aromatic carboxylic acids is 1. The van der Waals surface area contributed by atoms with E-state index in [2.05, 4.69) is 5.32 Å². The zero-order chi connectivity index (χ0) is 15.9. The SMILES string of the molecule is COc1ccccc1CC(=O)NCc1ccc(C(=O)O)cc1. The molecule has 0 saturated heterocycles. The predicted octanol–water partition coefficient (Wildman–Crippen LogP) is 2.25. The average molecular weight is 299 g/mol. The van der Waals surface area contributed by atoms with E-state index in [0.717, 1.165) is 11.1 Å². The molecule has 0 aromatic heterocycles. The quantitative estimate of drug-likeness (QED) is 0.858. The van der Waals surface area contributed by atoms with E-state index in [1.165, 1.54) is 12.1 Å². The summed E-state index contributed by atoms with van der Waals surface area (Å²) in [6.45, 7) is 0.355. The summed E-state index contributed by atoms with van der Waals surface area (Å²) in [6, 6.07) is 13.8. The zero-order valence-corrected chi connectivity index (χ0v) is 12.2. The van der Waals surface area contributed by atoms with Gasteiger partial charge in [-0.15, -0.1) is 0 Å². The molecule has 2 rings (SSSR count). The Balaban J connectivity index is 1.91. The number of benzene rings is 2. The average Bonchev–Trinajstić information content (AvgIpc) is 2.54. The highest BCUT2D eigenvalue weighted by Crippen LogP contribution is 2.17. The van der Waals surface area contributed by atoms with Crippen LogP contribution in [0.25, 0.3) is 0 Å². The Labute approximate surface area is 128 Å². The van der Waals surface area contributed by atoms with E-state index >= 15 is 0 Å². The minimum atomic E-state index is -0.966. The second-order valence-corrected chi connectivity index (χ2v) is 4.77. The molecule has 114 valence electrons. The molecule has 2 N–H and O–H groups in total. The summed E-state index contributed by atoms with van der Waals surface area (Å²) in [6.07, 6.45) is 0.233. The van der Waals surface area contributed by atoms with Gasteiger partial charge in [0.2, 0.25) is 5.91 Å². The Morgan fingerprint density at radius 2 is 1.77 bits per heavy atom. The molecule has 0 unspecified atom stereocenters. The van der Waals surface area contributed by atoms with Gasteiger partial charge < -0.3 is 15.2 Å². The van der Waals surface area contributed by atoms with Gasteiger partial charge in [0.15, 0.2) is 0 Å². The molecule has 0 fully saturated rings. The number of carboxylic acid groups (broad SMARTS) is 1. The number of nitrogens with one attached hydrogen (secondary N) is 1. The van der Waals surface area contributed by atoms with Gasteiger partial charge in [0.25, 0.3) is 0 Å². The second-order valence-electron chi connectivity index (χ2n) is 4.77. The van der Waals surface area contributed by atoms with Crippen LogP contribution in [0.4, 0.5) is 0 Å². The van der Waals surface area contributed by atoms with Crippen LogP contribution in [0.3, 0.4) is 0 Å². The van der Waals surface area contributed by atoms with Crippen LogP contribution in [0.1, 0.15) is 21.5 Å². The summed E-state index contributed by atoms with van der Waals surface area (Å²) < 4.78 is 5.21. The van der Waals surface area contributed by atoms with Crippen LogP contribution in [-0.2, 0) is 17.8 Å². The van der Waals surface area contributed by atoms with Crippen molar-refractivity contribution in [3.63, 3.8) is 0 Å². The number of carbonyl (C=O) groups excluding carboxylic acids is 1. The number of carboxylic acids is 1. The fourth-order valence-electron chi connectivity index (χ4n) is 2.05. The van der Waals surface area contributed by atoms with Crippen molar-refractivity contribution in [2.45, 2.75) is 13.0 Å². The highest BCUT2D eigenvalue weighted by atomic mass is 16.5. The topological polar surface area (TPSA) is 75.6 Å². The van der Waals surface area contributed by atoms with E-state index in [0.29, 0.717) is 12.3 Å². The molecule has 0 atom stereocenters. The molecule has 0 saturated carbocycles. The van der Waals surface area contributed by atoms with Crippen LogP contribution in [0.2, 0.25) is 0 Å². The largest absolute Gasteiger partial charge is 0.496 e. The molecular formula is C17H17NO4. The number of ether oxygens (including phenoxy) is 1. The summed E-state index contributed by atoms with van der Waals surface area (Å²) in [5.41, 5.74) is 1.89. The molecule has 5 heteroatoms. The van der Waals surface area contributed by atoms with E-state index in [1.807, 2.05) is 24.3 Å². The molecule has 1 amide bonds. The Hall–Kier alpha value is -2.82. The van der Waals surface area contributed by atoms with Crippen molar-refractivity contribution in [3.05, 3.63) is 65.2 Å². The molecule has 22 heavy (non-hydrogen) atoms. The maximum Gasteiger partial charge on any atom is 0.335 e. The van der Waals surface area contributed by atoms with E-state index in [4.69, 9.17) is 9.84 Å². The Kier molecular flexibility index (Phi) is 5.14. The van der Waals surface area contributed by atoms with Crippen LogP contribution in [-0.4, -0.2) is 24.1 Å². The maximum absolute atomic E-state index is 12.0. The first-order chi connectivity index (χ1) is 10.6. The predicted molar refractivity (Wildman–Crippen MR) is 81.9 cm³/mol. The van der Waals surface area contributed by atoms with Gasteiger partial charge in [-0.05, 0) is 23.8 Å². The normalized spacial score (nSPS) is 10.0. The lowest BCUT2D eigenvalue weighted by Crippen LogP contribution is -2.24. The van der Waals surface area contributed by atoms with Crippen LogP contribution < -0.4 is 10.1 Å². The van der Waals surface area contributed by atoms with Crippen molar-refractivity contribution < 1.29 is 19.4 Å². The van der Waals surface area contributed by atoms with Crippen molar-refractivity contribution in [1.82, 2.24) is 5.32 Å². The van der Waals surface area contributed by atoms with Gasteiger partial charge in [-0.2, -0.15) is 0 Å². The molecule has 0 radical (unpaired) electrons. The summed E-state index contributed by atoms with van der Waals surface area (Å²) in [4.78, 5) is 22.7. The Bertz CT molecular complexity index is 665. The fraction of sp³-hybridized carbons (Fsp3) is 0.176. The monoisotopic (exact) mass is 299 g/mol. The van der Waals surface area contributed by atoms with Gasteiger partial charge in [-0.25, -0.2) is 4.79 Å². The van der Waals surface area contributed by atoms with Crippen molar-refractivity contribution in [1.29, 1.82) is 0 Å². The first-order valence-electron chi connectivity index (χ1n) is 6.81. The van der Waals surface area contributed by atoms with Crippen LogP contribution >= 0.6 is 0 Å². The standard InChI is InChI=1S/C17H17NO4/c1-22-15-5-3-2-4-14(15)10-16(19)18-11-12-6-8-13(9-7-12)17(20)21/h2-9H,10-11H2,1H3,(H,18,19)(H,20,21).